The van der Waals surface area contributed by atoms with Crippen molar-refractivity contribution in [2.75, 3.05) is 5.32 Å². The van der Waals surface area contributed by atoms with Crippen molar-refractivity contribution < 1.29 is 18.7 Å². The second-order valence-electron chi connectivity index (χ2n) is 7.98. The van der Waals surface area contributed by atoms with E-state index in [1.165, 1.54) is 6.07 Å². The van der Waals surface area contributed by atoms with Gasteiger partial charge in [0.05, 0.1) is 0 Å². The van der Waals surface area contributed by atoms with Crippen LogP contribution in [-0.4, -0.2) is 39.6 Å². The Bertz CT molecular complexity index is 750. The summed E-state index contributed by atoms with van der Waals surface area (Å²) >= 11 is 3.03. The highest BCUT2D eigenvalue weighted by Gasteiger charge is 2.52. The maximum Gasteiger partial charge on any atom is 0.411 e. The van der Waals surface area contributed by atoms with Gasteiger partial charge in [0, 0.05) is 6.04 Å². The van der Waals surface area contributed by atoms with Gasteiger partial charge in [-0.15, -0.1) is 0 Å². The van der Waals surface area contributed by atoms with E-state index in [0.717, 1.165) is 19.3 Å². The van der Waals surface area contributed by atoms with Crippen LogP contribution in [-0.2, 0) is 9.53 Å². The van der Waals surface area contributed by atoms with E-state index in [9.17, 15) is 14.0 Å². The van der Waals surface area contributed by atoms with Crippen LogP contribution in [0.2, 0.25) is 0 Å². The number of amides is 2. The van der Waals surface area contributed by atoms with Crippen molar-refractivity contribution >= 4 is 33.7 Å². The highest BCUT2D eigenvalue weighted by atomic mass is 79.9. The number of carbonyl (C=O) groups is 2. The number of piperidine rings is 1. The predicted molar refractivity (Wildman–Crippen MR) is 98.3 cm³/mol. The number of nitrogens with one attached hydrogen (secondary N) is 1. The Kier molecular flexibility index (Phi) is 4.98. The average Bonchev–Trinajstić information content (AvgIpc) is 3.11. The second kappa shape index (κ2) is 6.79. The van der Waals surface area contributed by atoms with E-state index >= 15 is 0 Å². The molecule has 2 aliphatic rings. The number of ether oxygens (including phenoxy) is 1. The SMILES string of the molecule is Cc1cc(F)c(Br)nc1NC(=O)[C@@H]1[C@@H]2CC[C@@H](C2)N1C(=O)OC(C)(C)C. The fraction of sp³-hybridized carbons (Fsp3) is 0.611. The van der Waals surface area contributed by atoms with Crippen molar-refractivity contribution in [2.24, 2.45) is 5.92 Å². The van der Waals surface area contributed by atoms with Crippen LogP contribution in [0, 0.1) is 18.7 Å². The molecule has 6 nitrogen and oxygen atoms in total. The fourth-order valence-corrected chi connectivity index (χ4v) is 4.07. The van der Waals surface area contributed by atoms with Crippen molar-refractivity contribution in [3.8, 4) is 0 Å². The lowest BCUT2D eigenvalue weighted by Crippen LogP contribution is -2.52. The van der Waals surface area contributed by atoms with Gasteiger partial charge in [-0.25, -0.2) is 14.2 Å². The summed E-state index contributed by atoms with van der Waals surface area (Å²) in [5.74, 6) is -0.403. The summed E-state index contributed by atoms with van der Waals surface area (Å²) in [4.78, 5) is 31.2. The molecule has 1 aliphatic heterocycles. The van der Waals surface area contributed by atoms with E-state index in [4.69, 9.17) is 4.74 Å². The number of nitrogens with zero attached hydrogens (tertiary/aromatic N) is 2. The first-order valence-corrected chi connectivity index (χ1v) is 9.51. The summed E-state index contributed by atoms with van der Waals surface area (Å²) in [6.07, 6.45) is 2.13. The summed E-state index contributed by atoms with van der Waals surface area (Å²) in [7, 11) is 0. The number of hydrogen-bond donors (Lipinski definition) is 1. The Morgan fingerprint density at radius 3 is 2.73 bits per heavy atom. The third kappa shape index (κ3) is 3.70. The molecule has 1 aromatic heterocycles. The number of fused-ring (bicyclic) bond motifs is 2. The summed E-state index contributed by atoms with van der Waals surface area (Å²) in [6.45, 7) is 7.08. The molecule has 0 spiro atoms. The van der Waals surface area contributed by atoms with E-state index in [1.807, 2.05) is 0 Å². The van der Waals surface area contributed by atoms with Gasteiger partial charge in [0.25, 0.3) is 0 Å². The minimum Gasteiger partial charge on any atom is -0.444 e. The average molecular weight is 428 g/mol. The molecule has 0 radical (unpaired) electrons. The molecule has 2 heterocycles. The van der Waals surface area contributed by atoms with Crippen molar-refractivity contribution in [1.82, 2.24) is 9.88 Å². The van der Waals surface area contributed by atoms with Crippen molar-refractivity contribution in [3.63, 3.8) is 0 Å². The number of likely N-dealkylation sites (tertiary alicyclic amines) is 1. The summed E-state index contributed by atoms with van der Waals surface area (Å²) < 4.78 is 19.1. The van der Waals surface area contributed by atoms with E-state index in [-0.39, 0.29) is 28.3 Å². The number of carbonyl (C=O) groups excluding carboxylic acids is 2. The standard InChI is InChI=1S/C18H23BrFN3O3/c1-9-7-12(20)14(19)21-15(9)22-16(24)13-10-5-6-11(8-10)23(13)17(25)26-18(2,3)4/h7,10-11,13H,5-6,8H2,1-4H3,(H,21,22,24)/t10-,11+,13+/m1/s1. The lowest BCUT2D eigenvalue weighted by molar-refractivity contribution is -0.122. The van der Waals surface area contributed by atoms with Gasteiger partial charge >= 0.3 is 6.09 Å². The van der Waals surface area contributed by atoms with Gasteiger partial charge in [-0.2, -0.15) is 0 Å². The van der Waals surface area contributed by atoms with Gasteiger partial charge in [0.15, 0.2) is 5.82 Å². The van der Waals surface area contributed by atoms with Gasteiger partial charge in [-0.3, -0.25) is 9.69 Å². The molecule has 2 fully saturated rings. The molecule has 2 bridgehead atoms. The Morgan fingerprint density at radius 2 is 2.08 bits per heavy atom. The molecule has 1 saturated heterocycles. The van der Waals surface area contributed by atoms with E-state index in [2.05, 4.69) is 26.2 Å². The molecule has 1 aliphatic carbocycles. The Labute approximate surface area is 160 Å². The molecule has 3 atom stereocenters. The van der Waals surface area contributed by atoms with Gasteiger partial charge in [-0.1, -0.05) is 0 Å². The maximum atomic E-state index is 13.6. The highest BCUT2D eigenvalue weighted by Crippen LogP contribution is 2.43. The van der Waals surface area contributed by atoms with E-state index in [1.54, 1.807) is 32.6 Å². The van der Waals surface area contributed by atoms with Crippen LogP contribution in [0.1, 0.15) is 45.6 Å². The van der Waals surface area contributed by atoms with Crippen LogP contribution < -0.4 is 5.32 Å². The lowest BCUT2D eigenvalue weighted by atomic mass is 9.98. The highest BCUT2D eigenvalue weighted by molar-refractivity contribution is 9.10. The van der Waals surface area contributed by atoms with Crippen molar-refractivity contribution in [2.45, 2.75) is 64.6 Å². The van der Waals surface area contributed by atoms with Gasteiger partial charge in [0.2, 0.25) is 5.91 Å². The quantitative estimate of drug-likeness (QED) is 0.723. The summed E-state index contributed by atoms with van der Waals surface area (Å²) in [5, 5.41) is 2.76. The fourth-order valence-electron chi connectivity index (χ4n) is 3.78. The zero-order valence-electron chi connectivity index (χ0n) is 15.3. The summed E-state index contributed by atoms with van der Waals surface area (Å²) in [6, 6.07) is 0.743. The molecule has 142 valence electrons. The molecule has 26 heavy (non-hydrogen) atoms. The first-order chi connectivity index (χ1) is 12.1. The number of hydrogen-bond acceptors (Lipinski definition) is 4. The molecule has 2 amide bonds. The zero-order chi connectivity index (χ0) is 19.2. The number of aromatic nitrogens is 1. The van der Waals surface area contributed by atoms with E-state index < -0.39 is 23.6 Å². The Morgan fingerprint density at radius 1 is 1.38 bits per heavy atom. The third-order valence-corrected chi connectivity index (χ3v) is 5.38. The monoisotopic (exact) mass is 427 g/mol. The molecular weight excluding hydrogens is 405 g/mol. The minimum atomic E-state index is -0.625. The predicted octanol–water partition coefficient (Wildman–Crippen LogP) is 4.02. The van der Waals surface area contributed by atoms with Crippen molar-refractivity contribution in [3.05, 3.63) is 22.1 Å². The number of rotatable bonds is 2. The van der Waals surface area contributed by atoms with E-state index in [0.29, 0.717) is 5.56 Å². The van der Waals surface area contributed by atoms with Crippen LogP contribution >= 0.6 is 15.9 Å². The number of halogens is 2. The normalized spacial score (nSPS) is 24.7. The van der Waals surface area contributed by atoms with Crippen LogP contribution in [0.25, 0.3) is 0 Å². The van der Waals surface area contributed by atoms with Crippen LogP contribution in [0.15, 0.2) is 10.7 Å². The second-order valence-corrected chi connectivity index (χ2v) is 8.73. The molecule has 3 rings (SSSR count). The topological polar surface area (TPSA) is 71.5 Å². The Hall–Kier alpha value is -1.70. The van der Waals surface area contributed by atoms with Gasteiger partial charge in [-0.05, 0) is 80.4 Å². The van der Waals surface area contributed by atoms with Gasteiger partial charge < -0.3 is 10.1 Å². The minimum absolute atomic E-state index is 0.0274. The molecule has 1 N–H and O–H groups in total. The van der Waals surface area contributed by atoms with Crippen LogP contribution in [0.3, 0.4) is 0 Å². The third-order valence-electron chi connectivity index (χ3n) is 4.82. The maximum absolute atomic E-state index is 13.6. The van der Waals surface area contributed by atoms with Crippen molar-refractivity contribution in [1.29, 1.82) is 0 Å². The first kappa shape index (κ1) is 19.1. The van der Waals surface area contributed by atoms with Crippen LogP contribution in [0.4, 0.5) is 15.0 Å². The lowest BCUT2D eigenvalue weighted by Gasteiger charge is -2.35. The first-order valence-electron chi connectivity index (χ1n) is 8.71. The zero-order valence-corrected chi connectivity index (χ0v) is 16.9. The number of anilines is 1. The Balaban J connectivity index is 1.81. The van der Waals surface area contributed by atoms with Gasteiger partial charge in [0.1, 0.15) is 22.1 Å². The smallest absolute Gasteiger partial charge is 0.411 e. The molecule has 0 unspecified atom stereocenters. The summed E-state index contributed by atoms with van der Waals surface area (Å²) in [5.41, 5.74) is -0.106. The number of aryl methyl sites for hydroxylation is 1. The molecule has 1 saturated carbocycles. The molecule has 0 aromatic carbocycles. The van der Waals surface area contributed by atoms with Crippen LogP contribution in [0.5, 0.6) is 0 Å². The molecule has 1 aromatic rings. The largest absolute Gasteiger partial charge is 0.444 e. The number of pyridine rings is 1. The molecule has 8 heteroatoms. The molecular formula is C18H23BrFN3O3.